The summed E-state index contributed by atoms with van der Waals surface area (Å²) < 4.78 is 58.8. The van der Waals surface area contributed by atoms with Crippen LogP contribution in [0.2, 0.25) is 0 Å². The van der Waals surface area contributed by atoms with Crippen LogP contribution in [0.25, 0.3) is 0 Å². The third-order valence-corrected chi connectivity index (χ3v) is 11.9. The fraction of sp³-hybridized carbons (Fsp3) is 1.00. The van der Waals surface area contributed by atoms with Crippen LogP contribution in [-0.4, -0.2) is 222 Å². The van der Waals surface area contributed by atoms with Crippen LogP contribution in [0, 0.1) is 0 Å². The molecule has 73 heavy (non-hydrogen) atoms. The molecule has 0 heterocycles. The standard InChI is InChI=1S/C13H30O4Si.C4H12O4Si.2C4H10O.8C2H6O.3C2H5O.Al.Ti.Zr/c1-9-13(8)17-18(14-10(2)3,15-11(4)5)16-12(6)7;1-5-9(6-2,7-3)8-4;2*1-3-4(2)5;11*1-2-3;;;/h10-13H,9H2,1-8H3;1-4H3;2*4-5H,3H2,1-2H3;8*3H,2H2,1H3;3*2H2,1H3;;;/q;;;;;;;;;;;;3*-1;+3;;. The van der Waals surface area contributed by atoms with Crippen LogP contribution in [-0.2, 0) is 94.7 Å². The molecule has 0 aromatic heterocycles. The van der Waals surface area contributed by atoms with Gasteiger partial charge in [-0.15, -0.1) is 0 Å². The van der Waals surface area contributed by atoms with Gasteiger partial charge in [-0.1, -0.05) is 20.8 Å². The molecule has 0 bridgehead atoms. The van der Waals surface area contributed by atoms with Crippen molar-refractivity contribution in [3.63, 3.8) is 0 Å². The van der Waals surface area contributed by atoms with Crippen LogP contribution in [0.5, 0.6) is 0 Å². The molecule has 0 aromatic rings. The molecule has 0 fully saturated rings. The first kappa shape index (κ1) is 114. The van der Waals surface area contributed by atoms with E-state index in [9.17, 15) is 0 Å². The molecule has 0 aliphatic rings. The summed E-state index contributed by atoms with van der Waals surface area (Å²) in [5.74, 6) is 0. The Morgan fingerprint density at radius 3 is 0.589 bits per heavy atom. The summed E-state index contributed by atoms with van der Waals surface area (Å²) in [6, 6.07) is 0. The SMILES string of the molecule is CCC(C)O.CCC(C)O.CCC(C)O[Si](OC(C)C)(OC(C)C)OC(C)C.CCO.CCO.CCO.CCO.CCO.CCO.CCO.CCO.CC[O][Al]([O]CC)[O]CC.CO[Si](OC)(OC)OC.[Ti].[Zr]. The van der Waals surface area contributed by atoms with Gasteiger partial charge in [-0.05, 0) is 158 Å². The Hall–Kier alpha value is 1.72. The molecule has 3 unspecified atom stereocenters. The molecule has 0 spiro atoms. The minimum atomic E-state index is -3.07. The van der Waals surface area contributed by atoms with Gasteiger partial charge < -0.3 is 97.8 Å². The van der Waals surface area contributed by atoms with Crippen molar-refractivity contribution < 1.29 is 146 Å². The summed E-state index contributed by atoms with van der Waals surface area (Å²) in [5, 5.41) is 77.3. The summed E-state index contributed by atoms with van der Waals surface area (Å²) in [6.07, 6.45) is 2.49. The molecular weight excluding hydrogens is 1120 g/mol. The minimum absolute atomic E-state index is 0. The van der Waals surface area contributed by atoms with Gasteiger partial charge in [0.25, 0.3) is 0 Å². The Labute approximate surface area is 492 Å². The van der Waals surface area contributed by atoms with E-state index in [2.05, 4.69) is 6.92 Å². The van der Waals surface area contributed by atoms with Crippen molar-refractivity contribution in [2.45, 2.75) is 215 Å². The number of aliphatic hydroxyl groups is 10. The van der Waals surface area contributed by atoms with Crippen LogP contribution < -0.4 is 0 Å². The molecule has 0 radical (unpaired) electrons. The second-order valence-corrected chi connectivity index (χ2v) is 19.5. The fourth-order valence-corrected chi connectivity index (χ4v) is 7.25. The second-order valence-electron chi connectivity index (χ2n) is 13.4. The topological polar surface area (TPSA) is 304 Å². The maximum absolute atomic E-state index is 8.36. The van der Waals surface area contributed by atoms with E-state index in [1.165, 1.54) is 28.4 Å². The maximum Gasteiger partial charge on any atom is 0.905 e. The predicted molar refractivity (Wildman–Crippen MR) is 296 cm³/mol. The Morgan fingerprint density at radius 2 is 0.507 bits per heavy atom. The van der Waals surface area contributed by atoms with Gasteiger partial charge in [-0.3, -0.25) is 0 Å². The fourth-order valence-electron chi connectivity index (χ4n) is 2.42. The monoisotopic (exact) mass is 1250 g/mol. The summed E-state index contributed by atoms with van der Waals surface area (Å²) in [6.45, 7) is 46.6. The first-order valence-corrected chi connectivity index (χ1v) is 29.8. The summed E-state index contributed by atoms with van der Waals surface area (Å²) >= 11 is -1.73. The molecule has 3 atom stereocenters. The molecule has 0 aliphatic carbocycles. The molecule has 0 saturated carbocycles. The van der Waals surface area contributed by atoms with Crippen molar-refractivity contribution in [3.05, 3.63) is 0 Å². The van der Waals surface area contributed by atoms with E-state index in [-0.39, 0.29) is 137 Å². The van der Waals surface area contributed by atoms with Gasteiger partial charge in [0.1, 0.15) is 0 Å². The van der Waals surface area contributed by atoms with Crippen molar-refractivity contribution in [3.8, 4) is 0 Å². The van der Waals surface area contributed by atoms with Crippen LogP contribution in [0.1, 0.15) is 179 Å². The quantitative estimate of drug-likeness (QED) is 0.0577. The van der Waals surface area contributed by atoms with Crippen LogP contribution in [0.15, 0.2) is 0 Å². The molecule has 26 heteroatoms. The zero-order chi connectivity index (χ0) is 59.7. The zero-order valence-corrected chi connectivity index (χ0v) is 59.1. The third-order valence-electron chi connectivity index (χ3n) is 5.15. The van der Waals surface area contributed by atoms with Crippen molar-refractivity contribution in [1.29, 1.82) is 0 Å². The minimum Gasteiger partial charge on any atom is -0.455 e. The van der Waals surface area contributed by atoms with Crippen molar-refractivity contribution >= 4 is 33.2 Å². The van der Waals surface area contributed by atoms with Gasteiger partial charge in [-0.25, -0.2) is 0 Å². The Morgan fingerprint density at radius 1 is 0.342 bits per heavy atom. The normalized spacial score (nSPS) is 10.5. The molecule has 0 saturated heterocycles. The average molecular weight is 1250 g/mol. The van der Waals surface area contributed by atoms with Crippen molar-refractivity contribution in [2.75, 3.05) is 101 Å². The zero-order valence-electron chi connectivity index (χ0n) is 51.9. The van der Waals surface area contributed by atoms with Gasteiger partial charge in [0.15, 0.2) is 0 Å². The third kappa shape index (κ3) is 160. The summed E-state index contributed by atoms with van der Waals surface area (Å²) in [5.41, 5.74) is 0. The van der Waals surface area contributed by atoms with Gasteiger partial charge in [-0.2, -0.15) is 0 Å². The van der Waals surface area contributed by atoms with E-state index < -0.39 is 33.2 Å². The summed E-state index contributed by atoms with van der Waals surface area (Å²) in [4.78, 5) is 0. The Bertz CT molecular complexity index is 668. The van der Waals surface area contributed by atoms with E-state index in [4.69, 9.17) is 97.8 Å². The Kier molecular flexibility index (Phi) is 170. The van der Waals surface area contributed by atoms with Crippen LogP contribution in [0.4, 0.5) is 0 Å². The smallest absolute Gasteiger partial charge is 0.455 e. The van der Waals surface area contributed by atoms with Gasteiger partial charge >= 0.3 is 33.2 Å². The van der Waals surface area contributed by atoms with Gasteiger partial charge in [0, 0.05) is 173 Å². The largest absolute Gasteiger partial charge is 0.905 e. The van der Waals surface area contributed by atoms with Gasteiger partial charge in [0.2, 0.25) is 0 Å². The van der Waals surface area contributed by atoms with Crippen LogP contribution >= 0.6 is 0 Å². The van der Waals surface area contributed by atoms with E-state index >= 15 is 0 Å². The Balaban J connectivity index is -0.0000000412. The number of hydrogen-bond acceptors (Lipinski definition) is 21. The van der Waals surface area contributed by atoms with E-state index in [1.807, 2.05) is 83.1 Å². The van der Waals surface area contributed by atoms with E-state index in [0.29, 0.717) is 19.8 Å². The maximum atomic E-state index is 8.36. The molecule has 0 aliphatic heterocycles. The number of rotatable bonds is 21. The molecule has 10 N–H and O–H groups in total. The van der Waals surface area contributed by atoms with Crippen molar-refractivity contribution in [2.24, 2.45) is 0 Å². The number of aliphatic hydroxyl groups excluding tert-OH is 10. The predicted octanol–water partition coefficient (Wildman–Crippen LogP) is 6.14. The molecule has 0 aromatic carbocycles. The first-order valence-electron chi connectivity index (χ1n) is 25.1. The average Bonchev–Trinajstić information content (AvgIpc) is 3.27. The molecule has 0 rings (SSSR count). The van der Waals surface area contributed by atoms with E-state index in [0.717, 1.165) is 19.3 Å². The van der Waals surface area contributed by atoms with Crippen molar-refractivity contribution in [1.82, 2.24) is 0 Å². The molecular formula is C47H125AlO21Si2TiZr. The van der Waals surface area contributed by atoms with Crippen LogP contribution in [0.3, 0.4) is 0 Å². The molecule has 0 amide bonds. The first-order chi connectivity index (χ1) is 33.1. The number of hydrogen-bond donors (Lipinski definition) is 10. The summed E-state index contributed by atoms with van der Waals surface area (Å²) in [7, 11) is 0.195. The molecule has 458 valence electrons. The second kappa shape index (κ2) is 109. The van der Waals surface area contributed by atoms with E-state index in [1.54, 1.807) is 69.2 Å². The molecule has 21 nitrogen and oxygen atoms in total. The van der Waals surface area contributed by atoms with Gasteiger partial charge in [0.05, 0.1) is 12.2 Å².